The van der Waals surface area contributed by atoms with Crippen LogP contribution in [0.4, 0.5) is 4.79 Å². The molecule has 0 N–H and O–H groups in total. The van der Waals surface area contributed by atoms with Crippen LogP contribution in [-0.4, -0.2) is 29.5 Å². The van der Waals surface area contributed by atoms with E-state index in [1.807, 2.05) is 20.8 Å². The molecule has 0 aromatic carbocycles. The van der Waals surface area contributed by atoms with Crippen LogP contribution in [0.3, 0.4) is 0 Å². The second kappa shape index (κ2) is 3.77. The molecule has 1 aliphatic rings. The van der Waals surface area contributed by atoms with Gasteiger partial charge in [-0.25, -0.2) is 9.69 Å². The van der Waals surface area contributed by atoms with E-state index >= 15 is 0 Å². The van der Waals surface area contributed by atoms with Gasteiger partial charge in [-0.2, -0.15) is 0 Å². The Kier molecular flexibility index (Phi) is 2.90. The van der Waals surface area contributed by atoms with Crippen molar-refractivity contribution >= 4 is 12.0 Å². The number of hydrogen-bond acceptors (Lipinski definition) is 3. The highest BCUT2D eigenvalue weighted by Gasteiger charge is 2.36. The summed E-state index contributed by atoms with van der Waals surface area (Å²) in [7, 11) is 0. The Morgan fingerprint density at radius 2 is 2.38 bits per heavy atom. The van der Waals surface area contributed by atoms with Crippen molar-refractivity contribution < 1.29 is 14.3 Å². The summed E-state index contributed by atoms with van der Waals surface area (Å²) in [6.07, 6.45) is 0.243. The van der Waals surface area contributed by atoms with E-state index in [1.54, 1.807) is 0 Å². The number of nitrogens with zero attached hydrogens (tertiary/aromatic N) is 1. The van der Waals surface area contributed by atoms with Gasteiger partial charge in [0.1, 0.15) is 6.61 Å². The summed E-state index contributed by atoms with van der Waals surface area (Å²) in [5.74, 6) is -0.231. The van der Waals surface area contributed by atoms with Gasteiger partial charge in [0.05, 0.1) is 6.04 Å². The quantitative estimate of drug-likeness (QED) is 0.653. The SMILES string of the molecule is CCC(C)C(=O)N1C(=O)OC[C@@H]1C. The number of carbonyl (C=O) groups excluding carboxylic acids is 2. The molecule has 0 radical (unpaired) electrons. The van der Waals surface area contributed by atoms with Gasteiger partial charge in [0.25, 0.3) is 0 Å². The Labute approximate surface area is 77.8 Å². The van der Waals surface area contributed by atoms with Crippen LogP contribution >= 0.6 is 0 Å². The Hall–Kier alpha value is -1.06. The average Bonchev–Trinajstić information content (AvgIpc) is 2.44. The fourth-order valence-corrected chi connectivity index (χ4v) is 1.24. The Morgan fingerprint density at radius 3 is 2.77 bits per heavy atom. The van der Waals surface area contributed by atoms with Crippen LogP contribution in [0, 0.1) is 5.92 Å². The molecule has 0 aromatic rings. The molecule has 0 spiro atoms. The molecular weight excluding hydrogens is 170 g/mol. The van der Waals surface area contributed by atoms with E-state index in [0.717, 1.165) is 6.42 Å². The molecule has 2 amide bonds. The first-order valence-electron chi connectivity index (χ1n) is 4.57. The van der Waals surface area contributed by atoms with Crippen LogP contribution in [0.15, 0.2) is 0 Å². The third-order valence-corrected chi connectivity index (χ3v) is 2.36. The minimum absolute atomic E-state index is 0.104. The number of carbonyl (C=O) groups is 2. The molecular formula is C9H15NO3. The lowest BCUT2D eigenvalue weighted by Crippen LogP contribution is -2.40. The van der Waals surface area contributed by atoms with E-state index in [4.69, 9.17) is 4.74 Å². The lowest BCUT2D eigenvalue weighted by Gasteiger charge is -2.19. The molecule has 1 unspecified atom stereocenters. The molecule has 13 heavy (non-hydrogen) atoms. The van der Waals surface area contributed by atoms with Crippen molar-refractivity contribution in [2.45, 2.75) is 33.2 Å². The van der Waals surface area contributed by atoms with Gasteiger partial charge in [0, 0.05) is 5.92 Å². The summed E-state index contributed by atoms with van der Waals surface area (Å²) < 4.78 is 4.76. The summed E-state index contributed by atoms with van der Waals surface area (Å²) in [4.78, 5) is 24.0. The maximum Gasteiger partial charge on any atom is 0.416 e. The zero-order valence-corrected chi connectivity index (χ0v) is 8.24. The van der Waals surface area contributed by atoms with Gasteiger partial charge in [-0.15, -0.1) is 0 Å². The van der Waals surface area contributed by atoms with E-state index in [-0.39, 0.29) is 17.9 Å². The van der Waals surface area contributed by atoms with Crippen LogP contribution < -0.4 is 0 Å². The maximum absolute atomic E-state index is 11.6. The van der Waals surface area contributed by atoms with Gasteiger partial charge in [-0.3, -0.25) is 4.79 Å². The number of ether oxygens (including phenoxy) is 1. The molecule has 74 valence electrons. The third-order valence-electron chi connectivity index (χ3n) is 2.36. The second-order valence-corrected chi connectivity index (χ2v) is 3.44. The summed E-state index contributed by atoms with van der Waals surface area (Å²) >= 11 is 0. The van der Waals surface area contributed by atoms with Crippen LogP contribution in [0.2, 0.25) is 0 Å². The molecule has 2 atom stereocenters. The van der Waals surface area contributed by atoms with Crippen molar-refractivity contribution in [1.29, 1.82) is 0 Å². The van der Waals surface area contributed by atoms with Gasteiger partial charge in [0.2, 0.25) is 5.91 Å². The van der Waals surface area contributed by atoms with Crippen molar-refractivity contribution in [3.05, 3.63) is 0 Å². The van der Waals surface area contributed by atoms with Crippen LogP contribution in [0.1, 0.15) is 27.2 Å². The van der Waals surface area contributed by atoms with Crippen molar-refractivity contribution in [3.8, 4) is 0 Å². The van der Waals surface area contributed by atoms with E-state index in [9.17, 15) is 9.59 Å². The zero-order valence-electron chi connectivity index (χ0n) is 8.24. The normalized spacial score (nSPS) is 24.4. The lowest BCUT2D eigenvalue weighted by molar-refractivity contribution is -0.132. The summed E-state index contributed by atoms with van der Waals surface area (Å²) in [6.45, 7) is 5.88. The van der Waals surface area contributed by atoms with Gasteiger partial charge in [0.15, 0.2) is 0 Å². The highest BCUT2D eigenvalue weighted by molar-refractivity contribution is 5.94. The highest BCUT2D eigenvalue weighted by atomic mass is 16.6. The van der Waals surface area contributed by atoms with Crippen molar-refractivity contribution in [2.75, 3.05) is 6.61 Å². The molecule has 1 saturated heterocycles. The Bertz CT molecular complexity index is 227. The molecule has 4 heteroatoms. The monoisotopic (exact) mass is 185 g/mol. The first-order valence-corrected chi connectivity index (χ1v) is 4.57. The number of imide groups is 1. The minimum atomic E-state index is -0.502. The first-order chi connectivity index (χ1) is 6.07. The Balaban J connectivity index is 2.70. The number of rotatable bonds is 2. The number of amides is 2. The van der Waals surface area contributed by atoms with Crippen LogP contribution in [0.5, 0.6) is 0 Å². The Morgan fingerprint density at radius 1 is 1.77 bits per heavy atom. The predicted octanol–water partition coefficient (Wildman–Crippen LogP) is 1.40. The van der Waals surface area contributed by atoms with E-state index in [2.05, 4.69) is 0 Å². The van der Waals surface area contributed by atoms with Gasteiger partial charge >= 0.3 is 6.09 Å². The molecule has 1 fully saturated rings. The molecule has 0 aliphatic carbocycles. The smallest absolute Gasteiger partial charge is 0.416 e. The van der Waals surface area contributed by atoms with E-state index in [0.29, 0.717) is 6.61 Å². The molecule has 4 nitrogen and oxygen atoms in total. The minimum Gasteiger partial charge on any atom is -0.447 e. The second-order valence-electron chi connectivity index (χ2n) is 3.44. The average molecular weight is 185 g/mol. The predicted molar refractivity (Wildman–Crippen MR) is 47.1 cm³/mol. The fraction of sp³-hybridized carbons (Fsp3) is 0.778. The number of hydrogen-bond donors (Lipinski definition) is 0. The molecule has 0 aromatic heterocycles. The summed E-state index contributed by atoms with van der Waals surface area (Å²) in [5, 5.41) is 0. The first kappa shape index (κ1) is 10.0. The number of cyclic esters (lactones) is 1. The molecule has 1 aliphatic heterocycles. The van der Waals surface area contributed by atoms with Gasteiger partial charge in [-0.1, -0.05) is 13.8 Å². The van der Waals surface area contributed by atoms with Crippen molar-refractivity contribution in [3.63, 3.8) is 0 Å². The fourth-order valence-electron chi connectivity index (χ4n) is 1.24. The van der Waals surface area contributed by atoms with E-state index in [1.165, 1.54) is 4.90 Å². The topological polar surface area (TPSA) is 46.6 Å². The summed E-state index contributed by atoms with van der Waals surface area (Å²) in [5.41, 5.74) is 0. The van der Waals surface area contributed by atoms with Crippen LogP contribution in [0.25, 0.3) is 0 Å². The maximum atomic E-state index is 11.6. The molecule has 1 heterocycles. The van der Waals surface area contributed by atoms with Gasteiger partial charge in [-0.05, 0) is 13.3 Å². The lowest BCUT2D eigenvalue weighted by atomic mass is 10.1. The molecule has 1 rings (SSSR count). The van der Waals surface area contributed by atoms with E-state index < -0.39 is 6.09 Å². The largest absolute Gasteiger partial charge is 0.447 e. The van der Waals surface area contributed by atoms with Crippen molar-refractivity contribution in [2.24, 2.45) is 5.92 Å². The summed E-state index contributed by atoms with van der Waals surface area (Å²) in [6, 6.07) is -0.117. The van der Waals surface area contributed by atoms with Crippen molar-refractivity contribution in [1.82, 2.24) is 4.90 Å². The molecule has 0 bridgehead atoms. The standard InChI is InChI=1S/C9H15NO3/c1-4-6(2)8(11)10-7(3)5-13-9(10)12/h6-7H,4-5H2,1-3H3/t6?,7-/m0/s1. The molecule has 0 saturated carbocycles. The highest BCUT2D eigenvalue weighted by Crippen LogP contribution is 2.16. The third kappa shape index (κ3) is 1.82. The van der Waals surface area contributed by atoms with Gasteiger partial charge < -0.3 is 4.74 Å². The zero-order chi connectivity index (χ0) is 10.0. The van der Waals surface area contributed by atoms with Crippen LogP contribution in [-0.2, 0) is 9.53 Å².